The summed E-state index contributed by atoms with van der Waals surface area (Å²) in [6.07, 6.45) is 5.26. The van der Waals surface area contributed by atoms with Gasteiger partial charge in [-0.2, -0.15) is 5.10 Å². The zero-order chi connectivity index (χ0) is 19.9. The number of carbonyl (C=O) groups excluding carboxylic acids is 3. The van der Waals surface area contributed by atoms with Gasteiger partial charge in [-0.15, -0.1) is 0 Å². The molecule has 3 rings (SSSR count). The summed E-state index contributed by atoms with van der Waals surface area (Å²) in [5.41, 5.74) is 2.82. The van der Waals surface area contributed by atoms with E-state index in [2.05, 4.69) is 15.8 Å². The van der Waals surface area contributed by atoms with E-state index in [0.29, 0.717) is 17.1 Å². The summed E-state index contributed by atoms with van der Waals surface area (Å²) in [4.78, 5) is 37.0. The van der Waals surface area contributed by atoms with Crippen molar-refractivity contribution in [2.75, 3.05) is 26.8 Å². The number of likely N-dealkylation sites (tertiary alicyclic amines) is 1. The van der Waals surface area contributed by atoms with Crippen molar-refractivity contribution < 1.29 is 23.9 Å². The molecule has 9 heteroatoms. The second-order valence-electron chi connectivity index (χ2n) is 6.73. The van der Waals surface area contributed by atoms with Crippen molar-refractivity contribution in [3.63, 3.8) is 0 Å². The standard InChI is InChI=1S/C19H24N4O5/c1-27-16-10-13(11-20-22-19(26)18(25)21-14-5-6-14)4-7-15(16)28-12-17(24)23-8-2-3-9-23/h4,7,10-11,14H,2-3,5-6,8-9,12H2,1H3,(H,21,25)(H,22,26)/b20-11-. The van der Waals surface area contributed by atoms with Crippen LogP contribution >= 0.6 is 0 Å². The number of nitrogens with zero attached hydrogens (tertiary/aromatic N) is 2. The number of hydrogen-bond donors (Lipinski definition) is 2. The van der Waals surface area contributed by atoms with Crippen molar-refractivity contribution in [2.45, 2.75) is 31.7 Å². The van der Waals surface area contributed by atoms with Crippen LogP contribution in [0.25, 0.3) is 0 Å². The smallest absolute Gasteiger partial charge is 0.329 e. The molecule has 9 nitrogen and oxygen atoms in total. The minimum absolute atomic E-state index is 0.0441. The number of hydrogen-bond acceptors (Lipinski definition) is 6. The molecule has 1 heterocycles. The van der Waals surface area contributed by atoms with Crippen molar-refractivity contribution >= 4 is 23.9 Å². The Morgan fingerprint density at radius 1 is 1.18 bits per heavy atom. The maximum atomic E-state index is 12.1. The Morgan fingerprint density at radius 2 is 1.93 bits per heavy atom. The van der Waals surface area contributed by atoms with Gasteiger partial charge in [0.25, 0.3) is 5.91 Å². The lowest BCUT2D eigenvalue weighted by Crippen LogP contribution is -2.38. The molecule has 3 amide bonds. The molecular formula is C19H24N4O5. The highest BCUT2D eigenvalue weighted by atomic mass is 16.5. The molecule has 0 atom stereocenters. The van der Waals surface area contributed by atoms with E-state index in [1.165, 1.54) is 13.3 Å². The molecule has 2 fully saturated rings. The van der Waals surface area contributed by atoms with E-state index >= 15 is 0 Å². The highest BCUT2D eigenvalue weighted by Crippen LogP contribution is 2.27. The number of hydrazone groups is 1. The Hall–Kier alpha value is -3.10. The fourth-order valence-corrected chi connectivity index (χ4v) is 2.78. The number of methoxy groups -OCH3 is 1. The normalized spacial score (nSPS) is 16.1. The minimum atomic E-state index is -0.810. The maximum absolute atomic E-state index is 12.1. The first-order chi connectivity index (χ1) is 13.6. The van der Waals surface area contributed by atoms with E-state index in [-0.39, 0.29) is 18.6 Å². The van der Waals surface area contributed by atoms with Gasteiger partial charge in [0.15, 0.2) is 18.1 Å². The zero-order valence-electron chi connectivity index (χ0n) is 15.8. The van der Waals surface area contributed by atoms with Crippen LogP contribution in [0.15, 0.2) is 23.3 Å². The largest absolute Gasteiger partial charge is 0.493 e. The van der Waals surface area contributed by atoms with Gasteiger partial charge in [0.1, 0.15) is 0 Å². The number of ether oxygens (including phenoxy) is 2. The molecule has 1 aliphatic heterocycles. The van der Waals surface area contributed by atoms with E-state index in [0.717, 1.165) is 38.8 Å². The van der Waals surface area contributed by atoms with Gasteiger partial charge in [0, 0.05) is 19.1 Å². The number of carbonyl (C=O) groups is 3. The van der Waals surface area contributed by atoms with Crippen molar-refractivity contribution in [3.05, 3.63) is 23.8 Å². The number of rotatable bonds is 7. The molecule has 28 heavy (non-hydrogen) atoms. The summed E-state index contributed by atoms with van der Waals surface area (Å²) >= 11 is 0. The summed E-state index contributed by atoms with van der Waals surface area (Å²) in [5.74, 6) is -0.660. The van der Waals surface area contributed by atoms with Gasteiger partial charge in [0.05, 0.1) is 13.3 Å². The highest BCUT2D eigenvalue weighted by Gasteiger charge is 2.26. The summed E-state index contributed by atoms with van der Waals surface area (Å²) < 4.78 is 10.9. The molecule has 0 unspecified atom stereocenters. The van der Waals surface area contributed by atoms with Crippen LogP contribution in [0, 0.1) is 0 Å². The number of benzene rings is 1. The summed E-state index contributed by atoms with van der Waals surface area (Å²) in [7, 11) is 1.50. The Morgan fingerprint density at radius 3 is 2.61 bits per heavy atom. The molecule has 2 aliphatic rings. The van der Waals surface area contributed by atoms with Gasteiger partial charge in [-0.1, -0.05) is 0 Å². The fraction of sp³-hybridized carbons (Fsp3) is 0.474. The van der Waals surface area contributed by atoms with Gasteiger partial charge in [-0.25, -0.2) is 5.43 Å². The first-order valence-electron chi connectivity index (χ1n) is 9.29. The zero-order valence-corrected chi connectivity index (χ0v) is 15.8. The number of amides is 3. The van der Waals surface area contributed by atoms with E-state index in [9.17, 15) is 14.4 Å². The molecular weight excluding hydrogens is 364 g/mol. The lowest BCUT2D eigenvalue weighted by Gasteiger charge is -2.16. The summed E-state index contributed by atoms with van der Waals surface area (Å²) in [6.45, 7) is 1.51. The van der Waals surface area contributed by atoms with Crippen molar-refractivity contribution in [1.29, 1.82) is 0 Å². The van der Waals surface area contributed by atoms with Crippen LogP contribution in [0.1, 0.15) is 31.2 Å². The van der Waals surface area contributed by atoms with Crippen LogP contribution in [0.5, 0.6) is 11.5 Å². The molecule has 0 radical (unpaired) electrons. The average Bonchev–Trinajstić information content (AvgIpc) is 3.34. The molecule has 2 N–H and O–H groups in total. The third-order valence-electron chi connectivity index (χ3n) is 4.50. The Kier molecular flexibility index (Phi) is 6.46. The van der Waals surface area contributed by atoms with E-state index in [1.807, 2.05) is 0 Å². The molecule has 150 valence electrons. The Labute approximate surface area is 163 Å². The second kappa shape index (κ2) is 9.20. The Balaban J connectivity index is 1.52. The van der Waals surface area contributed by atoms with E-state index < -0.39 is 11.8 Å². The molecule has 1 aromatic rings. The minimum Gasteiger partial charge on any atom is -0.493 e. The van der Waals surface area contributed by atoms with Crippen LogP contribution < -0.4 is 20.2 Å². The lowest BCUT2D eigenvalue weighted by molar-refractivity contribution is -0.139. The monoisotopic (exact) mass is 388 g/mol. The average molecular weight is 388 g/mol. The predicted octanol–water partition coefficient (Wildman–Crippen LogP) is 0.425. The first-order valence-corrected chi connectivity index (χ1v) is 9.29. The highest BCUT2D eigenvalue weighted by molar-refractivity contribution is 6.35. The molecule has 0 spiro atoms. The summed E-state index contributed by atoms with van der Waals surface area (Å²) in [6, 6.07) is 5.14. The van der Waals surface area contributed by atoms with Gasteiger partial charge >= 0.3 is 11.8 Å². The van der Waals surface area contributed by atoms with Crippen molar-refractivity contribution in [1.82, 2.24) is 15.6 Å². The van der Waals surface area contributed by atoms with E-state index in [1.54, 1.807) is 23.1 Å². The van der Waals surface area contributed by atoms with Crippen molar-refractivity contribution in [2.24, 2.45) is 5.10 Å². The SMILES string of the molecule is COc1cc(/C=N\NC(=O)C(=O)NC2CC2)ccc1OCC(=O)N1CCCC1. The third kappa shape index (κ3) is 5.45. The maximum Gasteiger partial charge on any atom is 0.329 e. The van der Waals surface area contributed by atoms with E-state index in [4.69, 9.17) is 9.47 Å². The van der Waals surface area contributed by atoms with Crippen LogP contribution in [0.2, 0.25) is 0 Å². The number of nitrogens with one attached hydrogen (secondary N) is 2. The van der Waals surface area contributed by atoms with Crippen molar-refractivity contribution in [3.8, 4) is 11.5 Å². The van der Waals surface area contributed by atoms with Crippen LogP contribution in [0.3, 0.4) is 0 Å². The summed E-state index contributed by atoms with van der Waals surface area (Å²) in [5, 5.41) is 6.36. The Bertz CT molecular complexity index is 770. The second-order valence-corrected chi connectivity index (χ2v) is 6.73. The topological polar surface area (TPSA) is 109 Å². The fourth-order valence-electron chi connectivity index (χ4n) is 2.78. The van der Waals surface area contributed by atoms with Gasteiger partial charge in [-0.05, 0) is 49.4 Å². The van der Waals surface area contributed by atoms with Gasteiger partial charge < -0.3 is 19.7 Å². The lowest BCUT2D eigenvalue weighted by atomic mass is 10.2. The first kappa shape index (κ1) is 19.7. The van der Waals surface area contributed by atoms with Gasteiger partial charge in [0.2, 0.25) is 0 Å². The van der Waals surface area contributed by atoms with Crippen LogP contribution in [-0.2, 0) is 14.4 Å². The molecule has 0 aromatic heterocycles. The molecule has 1 aromatic carbocycles. The third-order valence-corrected chi connectivity index (χ3v) is 4.50. The molecule has 0 bridgehead atoms. The molecule has 1 saturated carbocycles. The van der Waals surface area contributed by atoms with Gasteiger partial charge in [-0.3, -0.25) is 14.4 Å². The van der Waals surface area contributed by atoms with Crippen LogP contribution in [-0.4, -0.2) is 61.7 Å². The quantitative estimate of drug-likeness (QED) is 0.400. The van der Waals surface area contributed by atoms with Crippen LogP contribution in [0.4, 0.5) is 0 Å². The molecule has 1 aliphatic carbocycles. The predicted molar refractivity (Wildman–Crippen MR) is 101 cm³/mol. The molecule has 1 saturated heterocycles.